The molecule has 3 rings (SSSR count). The third kappa shape index (κ3) is 1.75. The van der Waals surface area contributed by atoms with Crippen LogP contribution in [0.2, 0.25) is 0 Å². The zero-order valence-corrected chi connectivity index (χ0v) is 10.3. The molecular weight excluding hydrogens is 230 g/mol. The maximum atomic E-state index is 10.8. The number of hydrogen-bond acceptors (Lipinski definition) is 3. The van der Waals surface area contributed by atoms with Crippen LogP contribution < -0.4 is 0 Å². The summed E-state index contributed by atoms with van der Waals surface area (Å²) in [5.74, 6) is 0. The second-order valence-corrected chi connectivity index (χ2v) is 4.93. The molecule has 3 heteroatoms. The minimum Gasteiger partial charge on any atom is -0.298 e. The Hall–Kier alpha value is -1.35. The first kappa shape index (κ1) is 10.8. The first-order chi connectivity index (χ1) is 8.29. The number of pyridine rings is 1. The molecule has 1 aromatic heterocycles. The molecule has 0 N–H and O–H groups in total. The third-order valence-electron chi connectivity index (χ3n) is 3.39. The zero-order chi connectivity index (χ0) is 11.8. The molecule has 0 saturated heterocycles. The molecule has 2 nitrogen and oxygen atoms in total. The molecule has 0 atom stereocenters. The van der Waals surface area contributed by atoms with Gasteiger partial charge in [0.1, 0.15) is 6.29 Å². The molecule has 1 aliphatic rings. The van der Waals surface area contributed by atoms with E-state index in [1.54, 1.807) is 0 Å². The van der Waals surface area contributed by atoms with Crippen molar-refractivity contribution >= 4 is 29.8 Å². The second kappa shape index (κ2) is 4.15. The van der Waals surface area contributed by atoms with Gasteiger partial charge in [0.15, 0.2) is 0 Å². The zero-order valence-electron chi connectivity index (χ0n) is 9.44. The number of aryl methyl sites for hydroxylation is 1. The van der Waals surface area contributed by atoms with Gasteiger partial charge in [-0.1, -0.05) is 0 Å². The Morgan fingerprint density at radius 1 is 1.24 bits per heavy atom. The van der Waals surface area contributed by atoms with Gasteiger partial charge in [0, 0.05) is 21.5 Å². The van der Waals surface area contributed by atoms with Crippen LogP contribution in [0.15, 0.2) is 23.1 Å². The molecule has 1 aromatic carbocycles. The van der Waals surface area contributed by atoms with Gasteiger partial charge in [0.2, 0.25) is 0 Å². The van der Waals surface area contributed by atoms with Crippen LogP contribution in [0.3, 0.4) is 0 Å². The van der Waals surface area contributed by atoms with Gasteiger partial charge in [-0.15, -0.1) is 12.6 Å². The molecule has 0 saturated carbocycles. The first-order valence-electron chi connectivity index (χ1n) is 5.89. The molecule has 0 aliphatic heterocycles. The quantitative estimate of drug-likeness (QED) is 0.615. The fourth-order valence-corrected chi connectivity index (χ4v) is 2.91. The number of rotatable bonds is 1. The summed E-state index contributed by atoms with van der Waals surface area (Å²) in [5.41, 5.74) is 4.09. The van der Waals surface area contributed by atoms with Crippen LogP contribution >= 0.6 is 12.6 Å². The van der Waals surface area contributed by atoms with Crippen molar-refractivity contribution in [3.05, 3.63) is 35.0 Å². The molecule has 0 spiro atoms. The summed E-state index contributed by atoms with van der Waals surface area (Å²) in [6.45, 7) is 0. The van der Waals surface area contributed by atoms with Crippen LogP contribution in [-0.2, 0) is 12.8 Å². The minimum absolute atomic E-state index is 0.686. The molecular formula is C14H13NOS. The van der Waals surface area contributed by atoms with Crippen LogP contribution in [0.5, 0.6) is 0 Å². The summed E-state index contributed by atoms with van der Waals surface area (Å²) < 4.78 is 0. The highest BCUT2D eigenvalue weighted by molar-refractivity contribution is 7.80. The first-order valence-corrected chi connectivity index (χ1v) is 6.34. The monoisotopic (exact) mass is 243 g/mol. The van der Waals surface area contributed by atoms with Gasteiger partial charge < -0.3 is 0 Å². The number of aromatic nitrogens is 1. The molecule has 0 radical (unpaired) electrons. The standard InChI is InChI=1S/C14H13NOS/c16-8-9-5-6-13-11(7-9)14(17)10-3-1-2-4-12(10)15-13/h5-8H,1-4H2,(H,15,17). The van der Waals surface area contributed by atoms with E-state index < -0.39 is 0 Å². The fourth-order valence-electron chi connectivity index (χ4n) is 2.49. The van der Waals surface area contributed by atoms with Gasteiger partial charge in [-0.05, 0) is 49.4 Å². The number of hydrogen-bond donors (Lipinski definition) is 1. The van der Waals surface area contributed by atoms with Gasteiger partial charge in [0.05, 0.1) is 5.52 Å². The highest BCUT2D eigenvalue weighted by atomic mass is 32.1. The fraction of sp³-hybridized carbons (Fsp3) is 0.286. The number of thiol groups is 1. The van der Waals surface area contributed by atoms with Gasteiger partial charge in [-0.25, -0.2) is 0 Å². The van der Waals surface area contributed by atoms with Crippen molar-refractivity contribution in [3.8, 4) is 0 Å². The van der Waals surface area contributed by atoms with E-state index in [1.165, 1.54) is 24.1 Å². The van der Waals surface area contributed by atoms with E-state index in [0.717, 1.165) is 34.9 Å². The maximum absolute atomic E-state index is 10.8. The molecule has 0 unspecified atom stereocenters. The van der Waals surface area contributed by atoms with Crippen molar-refractivity contribution in [2.24, 2.45) is 0 Å². The average Bonchev–Trinajstić information content (AvgIpc) is 2.39. The lowest BCUT2D eigenvalue weighted by molar-refractivity contribution is 0.112. The summed E-state index contributed by atoms with van der Waals surface area (Å²) in [5, 5.41) is 0.999. The highest BCUT2D eigenvalue weighted by Gasteiger charge is 2.16. The Morgan fingerprint density at radius 3 is 2.88 bits per heavy atom. The van der Waals surface area contributed by atoms with Crippen LogP contribution in [0.25, 0.3) is 10.9 Å². The van der Waals surface area contributed by atoms with E-state index in [2.05, 4.69) is 17.6 Å². The highest BCUT2D eigenvalue weighted by Crippen LogP contribution is 2.31. The Labute approximate surface area is 105 Å². The van der Waals surface area contributed by atoms with Crippen molar-refractivity contribution in [1.82, 2.24) is 4.98 Å². The normalized spacial score (nSPS) is 14.6. The molecule has 0 amide bonds. The number of carbonyl (C=O) groups excluding carboxylic acids is 1. The second-order valence-electron chi connectivity index (χ2n) is 4.49. The van der Waals surface area contributed by atoms with Gasteiger partial charge >= 0.3 is 0 Å². The Bertz CT molecular complexity index is 607. The topological polar surface area (TPSA) is 30.0 Å². The third-order valence-corrected chi connectivity index (χ3v) is 3.90. The molecule has 86 valence electrons. The Kier molecular flexibility index (Phi) is 2.63. The summed E-state index contributed by atoms with van der Waals surface area (Å²) in [6, 6.07) is 5.60. The summed E-state index contributed by atoms with van der Waals surface area (Å²) in [7, 11) is 0. The van der Waals surface area contributed by atoms with Crippen molar-refractivity contribution in [3.63, 3.8) is 0 Å². The number of fused-ring (bicyclic) bond motifs is 2. The average molecular weight is 243 g/mol. The smallest absolute Gasteiger partial charge is 0.150 e. The molecule has 17 heavy (non-hydrogen) atoms. The SMILES string of the molecule is O=Cc1ccc2nc3c(c(S)c2c1)CCCC3. The van der Waals surface area contributed by atoms with Gasteiger partial charge in [-0.2, -0.15) is 0 Å². The van der Waals surface area contributed by atoms with E-state index >= 15 is 0 Å². The summed E-state index contributed by atoms with van der Waals surface area (Å²) in [4.78, 5) is 16.5. The number of carbonyl (C=O) groups is 1. The van der Waals surface area contributed by atoms with Crippen LogP contribution in [0, 0.1) is 0 Å². The lowest BCUT2D eigenvalue weighted by atomic mass is 9.94. The van der Waals surface area contributed by atoms with Gasteiger partial charge in [-0.3, -0.25) is 9.78 Å². The number of benzene rings is 1. The number of aldehydes is 1. The predicted octanol–water partition coefficient (Wildman–Crippen LogP) is 3.21. The Morgan fingerprint density at radius 2 is 2.06 bits per heavy atom. The van der Waals surface area contributed by atoms with Crippen LogP contribution in [0.1, 0.15) is 34.5 Å². The van der Waals surface area contributed by atoms with E-state index in [0.29, 0.717) is 5.56 Å². The largest absolute Gasteiger partial charge is 0.298 e. The molecule has 0 fully saturated rings. The van der Waals surface area contributed by atoms with Crippen molar-refractivity contribution < 1.29 is 4.79 Å². The maximum Gasteiger partial charge on any atom is 0.150 e. The van der Waals surface area contributed by atoms with Crippen molar-refractivity contribution in [2.45, 2.75) is 30.6 Å². The molecule has 1 heterocycles. The van der Waals surface area contributed by atoms with E-state index in [-0.39, 0.29) is 0 Å². The van der Waals surface area contributed by atoms with E-state index in [9.17, 15) is 4.79 Å². The lowest BCUT2D eigenvalue weighted by Gasteiger charge is -2.18. The van der Waals surface area contributed by atoms with Crippen LogP contribution in [0.4, 0.5) is 0 Å². The summed E-state index contributed by atoms with van der Waals surface area (Å²) >= 11 is 4.63. The lowest BCUT2D eigenvalue weighted by Crippen LogP contribution is -2.07. The number of nitrogens with zero attached hydrogens (tertiary/aromatic N) is 1. The van der Waals surface area contributed by atoms with Crippen molar-refractivity contribution in [2.75, 3.05) is 0 Å². The minimum atomic E-state index is 0.686. The van der Waals surface area contributed by atoms with Crippen molar-refractivity contribution in [1.29, 1.82) is 0 Å². The Balaban J connectivity index is 2.32. The predicted molar refractivity (Wildman–Crippen MR) is 71.0 cm³/mol. The van der Waals surface area contributed by atoms with E-state index in [4.69, 9.17) is 0 Å². The van der Waals surface area contributed by atoms with Gasteiger partial charge in [0.25, 0.3) is 0 Å². The van der Waals surface area contributed by atoms with E-state index in [1.807, 2.05) is 18.2 Å². The molecule has 1 aliphatic carbocycles. The molecule has 2 aromatic rings. The summed E-state index contributed by atoms with van der Waals surface area (Å²) in [6.07, 6.45) is 5.40. The molecule has 0 bridgehead atoms. The van der Waals surface area contributed by atoms with Crippen LogP contribution in [-0.4, -0.2) is 11.3 Å².